The van der Waals surface area contributed by atoms with Crippen LogP contribution < -0.4 is 10.6 Å². The van der Waals surface area contributed by atoms with E-state index in [9.17, 15) is 9.59 Å². The normalized spacial score (nSPS) is 12.3. The lowest BCUT2D eigenvalue weighted by Crippen LogP contribution is -2.31. The summed E-state index contributed by atoms with van der Waals surface area (Å²) in [6, 6.07) is 10.5. The van der Waals surface area contributed by atoms with Gasteiger partial charge in [-0.2, -0.15) is 0 Å². The van der Waals surface area contributed by atoms with Crippen molar-refractivity contribution in [2.75, 3.05) is 5.32 Å². The summed E-state index contributed by atoms with van der Waals surface area (Å²) in [5.74, 6) is -0.410. The predicted octanol–water partition coefficient (Wildman–Crippen LogP) is 4.68. The Hall–Kier alpha value is -3.06. The fourth-order valence-corrected chi connectivity index (χ4v) is 3.40. The lowest BCUT2D eigenvalue weighted by Gasteiger charge is -2.19. The molecule has 1 unspecified atom stereocenters. The number of nitrogens with zero attached hydrogens (tertiary/aromatic N) is 2. The summed E-state index contributed by atoms with van der Waals surface area (Å²) >= 11 is 1.48. The van der Waals surface area contributed by atoms with Gasteiger partial charge in [-0.05, 0) is 31.2 Å². The van der Waals surface area contributed by atoms with Crippen molar-refractivity contribution in [1.29, 1.82) is 0 Å². The largest absolute Gasteiger partial charge is 0.343 e. The zero-order valence-corrected chi connectivity index (χ0v) is 17.7. The van der Waals surface area contributed by atoms with E-state index < -0.39 is 5.41 Å². The molecule has 1 atom stereocenters. The maximum atomic E-state index is 12.9. The van der Waals surface area contributed by atoms with E-state index in [2.05, 4.69) is 20.6 Å². The molecule has 6 nitrogen and oxygen atoms in total. The Labute approximate surface area is 174 Å². The average molecular weight is 409 g/mol. The van der Waals surface area contributed by atoms with Crippen molar-refractivity contribution < 1.29 is 9.59 Å². The van der Waals surface area contributed by atoms with E-state index in [1.54, 1.807) is 36.7 Å². The van der Waals surface area contributed by atoms with Gasteiger partial charge in [0.2, 0.25) is 5.91 Å². The Morgan fingerprint density at radius 1 is 1.10 bits per heavy atom. The van der Waals surface area contributed by atoms with E-state index in [4.69, 9.17) is 0 Å². The number of nitrogens with one attached hydrogen (secondary N) is 2. The molecule has 0 radical (unpaired) electrons. The van der Waals surface area contributed by atoms with Gasteiger partial charge >= 0.3 is 0 Å². The molecule has 0 spiro atoms. The molecule has 150 valence electrons. The molecule has 0 aliphatic carbocycles. The van der Waals surface area contributed by atoms with Gasteiger partial charge in [0.05, 0.1) is 23.0 Å². The first-order valence-corrected chi connectivity index (χ1v) is 10.2. The molecule has 2 amide bonds. The summed E-state index contributed by atoms with van der Waals surface area (Å²) < 4.78 is 0. The Kier molecular flexibility index (Phi) is 6.08. The SMILES string of the molecule is CC(NC(=O)c1ccccc1NC(=O)C(C)(C)C)c1nc(-c2cccnc2)cs1. The van der Waals surface area contributed by atoms with Gasteiger partial charge in [0.1, 0.15) is 5.01 Å². The Morgan fingerprint density at radius 2 is 1.86 bits per heavy atom. The zero-order valence-electron chi connectivity index (χ0n) is 16.9. The van der Waals surface area contributed by atoms with E-state index in [-0.39, 0.29) is 17.9 Å². The highest BCUT2D eigenvalue weighted by atomic mass is 32.1. The van der Waals surface area contributed by atoms with Crippen LogP contribution in [0.25, 0.3) is 11.3 Å². The molecule has 0 aliphatic heterocycles. The van der Waals surface area contributed by atoms with E-state index in [1.807, 2.05) is 45.2 Å². The third-order valence-corrected chi connectivity index (χ3v) is 5.33. The minimum Gasteiger partial charge on any atom is -0.343 e. The fourth-order valence-electron chi connectivity index (χ4n) is 2.57. The molecule has 0 saturated carbocycles. The molecule has 1 aromatic carbocycles. The van der Waals surface area contributed by atoms with Crippen LogP contribution in [0.1, 0.15) is 49.1 Å². The molecule has 2 N–H and O–H groups in total. The van der Waals surface area contributed by atoms with Crippen LogP contribution in [-0.4, -0.2) is 21.8 Å². The van der Waals surface area contributed by atoms with Gasteiger partial charge in [-0.15, -0.1) is 11.3 Å². The third kappa shape index (κ3) is 5.06. The van der Waals surface area contributed by atoms with Gasteiger partial charge in [0.15, 0.2) is 0 Å². The molecule has 2 aromatic heterocycles. The molecule has 0 saturated heterocycles. The van der Waals surface area contributed by atoms with Gasteiger partial charge in [-0.1, -0.05) is 32.9 Å². The van der Waals surface area contributed by atoms with E-state index in [1.165, 1.54) is 11.3 Å². The summed E-state index contributed by atoms with van der Waals surface area (Å²) in [7, 11) is 0. The lowest BCUT2D eigenvalue weighted by atomic mass is 9.95. The van der Waals surface area contributed by atoms with Crippen LogP contribution in [0.4, 0.5) is 5.69 Å². The number of aromatic nitrogens is 2. The number of carbonyl (C=O) groups excluding carboxylic acids is 2. The summed E-state index contributed by atoms with van der Waals surface area (Å²) in [6.45, 7) is 7.38. The first-order chi connectivity index (χ1) is 13.8. The zero-order chi connectivity index (χ0) is 21.0. The van der Waals surface area contributed by atoms with Crippen LogP contribution in [-0.2, 0) is 4.79 Å². The number of hydrogen-bond acceptors (Lipinski definition) is 5. The molecule has 0 bridgehead atoms. The molecule has 7 heteroatoms. The van der Waals surface area contributed by atoms with Crippen molar-refractivity contribution in [3.63, 3.8) is 0 Å². The second kappa shape index (κ2) is 8.53. The Balaban J connectivity index is 1.74. The maximum absolute atomic E-state index is 12.9. The monoisotopic (exact) mass is 408 g/mol. The number of amides is 2. The number of anilines is 1. The van der Waals surface area contributed by atoms with Crippen molar-refractivity contribution in [3.05, 3.63) is 64.7 Å². The highest BCUT2D eigenvalue weighted by Crippen LogP contribution is 2.26. The topological polar surface area (TPSA) is 84.0 Å². The first kappa shape index (κ1) is 20.7. The second-order valence-electron chi connectivity index (χ2n) is 7.76. The standard InChI is InChI=1S/C22H24N4O2S/c1-14(20-25-18(13-29-20)15-8-7-11-23-12-15)24-19(27)16-9-5-6-10-17(16)26-21(28)22(2,3)4/h5-14H,1-4H3,(H,24,27)(H,26,28). The average Bonchev–Trinajstić information content (AvgIpc) is 3.18. The number of thiazole rings is 1. The van der Waals surface area contributed by atoms with Crippen LogP contribution in [0.15, 0.2) is 54.2 Å². The van der Waals surface area contributed by atoms with E-state index >= 15 is 0 Å². The van der Waals surface area contributed by atoms with Crippen molar-refractivity contribution in [3.8, 4) is 11.3 Å². The summed E-state index contributed by atoms with van der Waals surface area (Å²) in [5.41, 5.74) is 2.12. The number of benzene rings is 1. The van der Waals surface area contributed by atoms with Crippen molar-refractivity contribution >= 4 is 28.8 Å². The highest BCUT2D eigenvalue weighted by molar-refractivity contribution is 7.10. The van der Waals surface area contributed by atoms with E-state index in [0.717, 1.165) is 16.3 Å². The minimum absolute atomic E-state index is 0.146. The molecule has 3 aromatic rings. The van der Waals surface area contributed by atoms with Gasteiger partial charge < -0.3 is 10.6 Å². The van der Waals surface area contributed by atoms with Crippen LogP contribution in [0.2, 0.25) is 0 Å². The van der Waals surface area contributed by atoms with Crippen LogP contribution >= 0.6 is 11.3 Å². The van der Waals surface area contributed by atoms with Gasteiger partial charge in [0, 0.05) is 28.8 Å². The molecule has 0 aliphatic rings. The van der Waals surface area contributed by atoms with Crippen LogP contribution in [0.3, 0.4) is 0 Å². The summed E-state index contributed by atoms with van der Waals surface area (Å²) in [4.78, 5) is 33.9. The number of para-hydroxylation sites is 1. The lowest BCUT2D eigenvalue weighted by molar-refractivity contribution is -0.123. The summed E-state index contributed by atoms with van der Waals surface area (Å²) in [5, 5.41) is 8.57. The third-order valence-electron chi connectivity index (χ3n) is 4.30. The predicted molar refractivity (Wildman–Crippen MR) is 116 cm³/mol. The minimum atomic E-state index is -0.555. The Morgan fingerprint density at radius 3 is 2.55 bits per heavy atom. The molecular weight excluding hydrogens is 384 g/mol. The quantitative estimate of drug-likeness (QED) is 0.642. The van der Waals surface area contributed by atoms with Gasteiger partial charge in [-0.3, -0.25) is 14.6 Å². The Bertz CT molecular complexity index is 1010. The number of carbonyl (C=O) groups is 2. The van der Waals surface area contributed by atoms with Crippen molar-refractivity contribution in [1.82, 2.24) is 15.3 Å². The molecule has 2 heterocycles. The smallest absolute Gasteiger partial charge is 0.253 e. The maximum Gasteiger partial charge on any atom is 0.253 e. The number of hydrogen-bond donors (Lipinski definition) is 2. The van der Waals surface area contributed by atoms with Crippen molar-refractivity contribution in [2.45, 2.75) is 33.7 Å². The second-order valence-corrected chi connectivity index (χ2v) is 8.65. The molecular formula is C22H24N4O2S. The highest BCUT2D eigenvalue weighted by Gasteiger charge is 2.23. The first-order valence-electron chi connectivity index (χ1n) is 9.33. The summed E-state index contributed by atoms with van der Waals surface area (Å²) in [6.07, 6.45) is 3.48. The molecule has 29 heavy (non-hydrogen) atoms. The van der Waals surface area contributed by atoms with Gasteiger partial charge in [0.25, 0.3) is 5.91 Å². The van der Waals surface area contributed by atoms with Crippen LogP contribution in [0, 0.1) is 5.41 Å². The van der Waals surface area contributed by atoms with Crippen molar-refractivity contribution in [2.24, 2.45) is 5.41 Å². The van der Waals surface area contributed by atoms with E-state index in [0.29, 0.717) is 11.3 Å². The number of pyridine rings is 1. The number of rotatable bonds is 5. The fraction of sp³-hybridized carbons (Fsp3) is 0.273. The molecule has 0 fully saturated rings. The van der Waals surface area contributed by atoms with Gasteiger partial charge in [-0.25, -0.2) is 4.98 Å². The van der Waals surface area contributed by atoms with Crippen LogP contribution in [0.5, 0.6) is 0 Å². The molecule has 3 rings (SSSR count).